The largest absolute Gasteiger partial charge is 0.506 e. The van der Waals surface area contributed by atoms with E-state index in [2.05, 4.69) is 25.7 Å². The van der Waals surface area contributed by atoms with Gasteiger partial charge in [-0.1, -0.05) is 15.9 Å². The first kappa shape index (κ1) is 14.8. The molecule has 0 bridgehead atoms. The highest BCUT2D eigenvalue weighted by Crippen LogP contribution is 2.32. The van der Waals surface area contributed by atoms with Gasteiger partial charge in [-0.2, -0.15) is 0 Å². The van der Waals surface area contributed by atoms with E-state index >= 15 is 0 Å². The Kier molecular flexibility index (Phi) is 5.46. The molecule has 0 aromatic carbocycles. The molecule has 0 spiro atoms. The van der Waals surface area contributed by atoms with Gasteiger partial charge in [0.2, 0.25) is 0 Å². The highest BCUT2D eigenvalue weighted by atomic mass is 79.9. The Balaban J connectivity index is 3.18. The lowest BCUT2D eigenvalue weighted by atomic mass is 10.0. The van der Waals surface area contributed by atoms with Gasteiger partial charge in [0, 0.05) is 16.5 Å². The molecule has 0 unspecified atom stereocenters. The third kappa shape index (κ3) is 3.38. The van der Waals surface area contributed by atoms with Crippen molar-refractivity contribution in [2.24, 2.45) is 0 Å². The quantitative estimate of drug-likeness (QED) is 0.668. The third-order valence-corrected chi connectivity index (χ3v) is 2.79. The molecular weight excluding hydrogens is 312 g/mol. The molecular formula is C11H12BrF2NO3. The van der Waals surface area contributed by atoms with Gasteiger partial charge >= 0.3 is 5.97 Å². The molecule has 0 saturated heterocycles. The first-order valence-corrected chi connectivity index (χ1v) is 6.32. The Morgan fingerprint density at radius 3 is 2.78 bits per heavy atom. The summed E-state index contributed by atoms with van der Waals surface area (Å²) in [6.45, 7) is 1.77. The van der Waals surface area contributed by atoms with Gasteiger partial charge in [0.25, 0.3) is 6.43 Å². The average Bonchev–Trinajstić information content (AvgIpc) is 2.31. The summed E-state index contributed by atoms with van der Waals surface area (Å²) in [6.07, 6.45) is -2.17. The molecule has 0 aliphatic heterocycles. The number of carbonyl (C=O) groups excluding carboxylic acids is 1. The molecule has 0 amide bonds. The van der Waals surface area contributed by atoms with Crippen molar-refractivity contribution in [2.45, 2.75) is 25.1 Å². The monoisotopic (exact) mass is 323 g/mol. The number of esters is 1. The summed E-state index contributed by atoms with van der Waals surface area (Å²) in [7, 11) is 0. The van der Waals surface area contributed by atoms with Crippen LogP contribution in [0.15, 0.2) is 6.20 Å². The first-order valence-electron chi connectivity index (χ1n) is 5.20. The first-order chi connectivity index (χ1) is 8.51. The molecule has 0 atom stereocenters. The molecule has 0 radical (unpaired) electrons. The van der Waals surface area contributed by atoms with Gasteiger partial charge < -0.3 is 9.84 Å². The molecule has 1 heterocycles. The molecule has 0 aliphatic rings. The normalized spacial score (nSPS) is 10.7. The summed E-state index contributed by atoms with van der Waals surface area (Å²) in [4.78, 5) is 15.0. The van der Waals surface area contributed by atoms with Crippen LogP contribution < -0.4 is 0 Å². The van der Waals surface area contributed by atoms with Crippen molar-refractivity contribution in [3.05, 3.63) is 23.0 Å². The molecule has 1 rings (SSSR count). The molecule has 1 aromatic rings. The van der Waals surface area contributed by atoms with E-state index in [0.717, 1.165) is 6.20 Å². The predicted octanol–water partition coefficient (Wildman–Crippen LogP) is 2.73. The van der Waals surface area contributed by atoms with Crippen LogP contribution in [0, 0.1) is 0 Å². The Morgan fingerprint density at radius 2 is 2.28 bits per heavy atom. The fourth-order valence-electron chi connectivity index (χ4n) is 1.50. The Hall–Kier alpha value is -1.24. The van der Waals surface area contributed by atoms with E-state index in [1.54, 1.807) is 6.92 Å². The molecule has 18 heavy (non-hydrogen) atoms. The van der Waals surface area contributed by atoms with Gasteiger partial charge in [-0.25, -0.2) is 8.78 Å². The van der Waals surface area contributed by atoms with Crippen molar-refractivity contribution in [3.63, 3.8) is 0 Å². The molecule has 0 aliphatic carbocycles. The van der Waals surface area contributed by atoms with Gasteiger partial charge in [0.1, 0.15) is 5.75 Å². The molecule has 0 saturated carbocycles. The number of rotatable bonds is 5. The van der Waals surface area contributed by atoms with E-state index in [4.69, 9.17) is 0 Å². The van der Waals surface area contributed by atoms with Crippen molar-refractivity contribution in [1.82, 2.24) is 4.98 Å². The van der Waals surface area contributed by atoms with Gasteiger partial charge in [-0.15, -0.1) is 0 Å². The molecule has 4 nitrogen and oxygen atoms in total. The summed E-state index contributed by atoms with van der Waals surface area (Å²) in [6, 6.07) is 0. The van der Waals surface area contributed by atoms with E-state index in [9.17, 15) is 18.7 Å². The number of alkyl halides is 3. The Morgan fingerprint density at radius 1 is 1.61 bits per heavy atom. The number of pyridine rings is 1. The zero-order chi connectivity index (χ0) is 13.7. The standard InChI is InChI=1S/C11H12BrF2NO3/c1-2-18-9(17)3-6-8(16)5-15-7(4-12)10(6)11(13)14/h5,11,16H,2-4H2,1H3. The Bertz CT molecular complexity index is 441. The summed E-state index contributed by atoms with van der Waals surface area (Å²) in [5.41, 5.74) is -0.449. The lowest BCUT2D eigenvalue weighted by molar-refractivity contribution is -0.142. The van der Waals surface area contributed by atoms with Crippen molar-refractivity contribution in [1.29, 1.82) is 0 Å². The van der Waals surface area contributed by atoms with Crippen molar-refractivity contribution in [3.8, 4) is 5.75 Å². The molecule has 0 fully saturated rings. The minimum absolute atomic E-state index is 0.0992. The van der Waals surface area contributed by atoms with Crippen LogP contribution in [0.3, 0.4) is 0 Å². The smallest absolute Gasteiger partial charge is 0.310 e. The van der Waals surface area contributed by atoms with Gasteiger partial charge in [-0.3, -0.25) is 9.78 Å². The van der Waals surface area contributed by atoms with Crippen LogP contribution in [0.25, 0.3) is 0 Å². The van der Waals surface area contributed by atoms with Crippen LogP contribution >= 0.6 is 15.9 Å². The molecule has 7 heteroatoms. The number of carbonyl (C=O) groups is 1. The average molecular weight is 324 g/mol. The van der Waals surface area contributed by atoms with Crippen molar-refractivity contribution in [2.75, 3.05) is 6.61 Å². The number of aromatic nitrogens is 1. The minimum atomic E-state index is -2.82. The number of nitrogens with zero attached hydrogens (tertiary/aromatic N) is 1. The summed E-state index contributed by atoms with van der Waals surface area (Å²) in [5, 5.41) is 9.67. The van der Waals surface area contributed by atoms with Crippen LogP contribution in [0.4, 0.5) is 8.78 Å². The second-order valence-electron chi connectivity index (χ2n) is 3.40. The van der Waals surface area contributed by atoms with E-state index < -0.39 is 30.1 Å². The molecule has 1 aromatic heterocycles. The van der Waals surface area contributed by atoms with Crippen LogP contribution in [0.2, 0.25) is 0 Å². The Labute approximate surface area is 111 Å². The van der Waals surface area contributed by atoms with Crippen LogP contribution in [-0.4, -0.2) is 22.7 Å². The topological polar surface area (TPSA) is 59.4 Å². The fraction of sp³-hybridized carbons (Fsp3) is 0.455. The van der Waals surface area contributed by atoms with E-state index in [1.165, 1.54) is 0 Å². The van der Waals surface area contributed by atoms with E-state index in [1.807, 2.05) is 0 Å². The number of aromatic hydroxyl groups is 1. The number of hydrogen-bond donors (Lipinski definition) is 1. The van der Waals surface area contributed by atoms with Crippen LogP contribution in [0.1, 0.15) is 30.2 Å². The summed E-state index contributed by atoms with van der Waals surface area (Å²) >= 11 is 3.04. The second kappa shape index (κ2) is 6.63. The summed E-state index contributed by atoms with van der Waals surface area (Å²) < 4.78 is 30.6. The maximum atomic E-state index is 13.0. The lowest BCUT2D eigenvalue weighted by Crippen LogP contribution is -2.11. The fourth-order valence-corrected chi connectivity index (χ4v) is 1.95. The zero-order valence-corrected chi connectivity index (χ0v) is 11.2. The highest BCUT2D eigenvalue weighted by molar-refractivity contribution is 9.08. The summed E-state index contributed by atoms with van der Waals surface area (Å²) in [5.74, 6) is -1.09. The zero-order valence-electron chi connectivity index (χ0n) is 9.62. The maximum absolute atomic E-state index is 13.0. The predicted molar refractivity (Wildman–Crippen MR) is 63.8 cm³/mol. The highest BCUT2D eigenvalue weighted by Gasteiger charge is 2.23. The second-order valence-corrected chi connectivity index (χ2v) is 3.96. The number of ether oxygens (including phenoxy) is 1. The van der Waals surface area contributed by atoms with Crippen LogP contribution in [-0.2, 0) is 21.3 Å². The van der Waals surface area contributed by atoms with Crippen molar-refractivity contribution < 1.29 is 23.4 Å². The third-order valence-electron chi connectivity index (χ3n) is 2.26. The lowest BCUT2D eigenvalue weighted by Gasteiger charge is -2.13. The molecule has 1 N–H and O–H groups in total. The van der Waals surface area contributed by atoms with Gasteiger partial charge in [-0.05, 0) is 6.92 Å². The van der Waals surface area contributed by atoms with E-state index in [-0.39, 0.29) is 23.2 Å². The van der Waals surface area contributed by atoms with E-state index in [0.29, 0.717) is 0 Å². The molecule has 100 valence electrons. The van der Waals surface area contributed by atoms with Gasteiger partial charge in [0.05, 0.1) is 24.9 Å². The number of hydrogen-bond acceptors (Lipinski definition) is 4. The minimum Gasteiger partial charge on any atom is -0.506 e. The van der Waals surface area contributed by atoms with Gasteiger partial charge in [0.15, 0.2) is 0 Å². The maximum Gasteiger partial charge on any atom is 0.310 e. The number of halogens is 3. The SMILES string of the molecule is CCOC(=O)Cc1c(O)cnc(CBr)c1C(F)F. The van der Waals surface area contributed by atoms with Crippen molar-refractivity contribution >= 4 is 21.9 Å². The van der Waals surface area contributed by atoms with Crippen LogP contribution in [0.5, 0.6) is 5.75 Å².